The normalized spacial score (nSPS) is 16.6. The Bertz CT molecular complexity index is 456. The van der Waals surface area contributed by atoms with Gasteiger partial charge in [-0.05, 0) is 12.1 Å². The van der Waals surface area contributed by atoms with Gasteiger partial charge in [-0.1, -0.05) is 12.1 Å². The molecule has 1 saturated heterocycles. The average molecular weight is 271 g/mol. The van der Waals surface area contributed by atoms with Crippen LogP contribution in [0.15, 0.2) is 24.3 Å². The van der Waals surface area contributed by atoms with Crippen LogP contribution in [0.5, 0.6) is 5.75 Å². The summed E-state index contributed by atoms with van der Waals surface area (Å²) in [5, 5.41) is 0. The van der Waals surface area contributed by atoms with Crippen molar-refractivity contribution in [3.8, 4) is 5.75 Å². The maximum absolute atomic E-state index is 13.2. The Labute approximate surface area is 107 Å². The molecule has 0 saturated carbocycles. The van der Waals surface area contributed by atoms with Crippen LogP contribution in [0.3, 0.4) is 0 Å². The molecule has 0 radical (unpaired) electrons. The van der Waals surface area contributed by atoms with Gasteiger partial charge in [0, 0.05) is 35.4 Å². The fourth-order valence-electron chi connectivity index (χ4n) is 1.68. The van der Waals surface area contributed by atoms with E-state index in [0.717, 1.165) is 0 Å². The highest BCUT2D eigenvalue weighted by molar-refractivity contribution is 7.85. The van der Waals surface area contributed by atoms with Crippen LogP contribution < -0.4 is 4.74 Å². The van der Waals surface area contributed by atoms with Gasteiger partial charge in [0.05, 0.1) is 0 Å². The predicted octanol–water partition coefficient (Wildman–Crippen LogP) is 0.795. The maximum Gasteiger partial charge on any atom is 0.260 e. The highest BCUT2D eigenvalue weighted by Gasteiger charge is 2.20. The minimum Gasteiger partial charge on any atom is -0.481 e. The van der Waals surface area contributed by atoms with Gasteiger partial charge in [0.15, 0.2) is 18.2 Å². The summed E-state index contributed by atoms with van der Waals surface area (Å²) in [6.45, 7) is 0.770. The molecule has 0 atom stereocenters. The van der Waals surface area contributed by atoms with Crippen molar-refractivity contribution in [1.82, 2.24) is 4.90 Å². The van der Waals surface area contributed by atoms with Crippen LogP contribution in [-0.2, 0) is 15.6 Å². The highest BCUT2D eigenvalue weighted by Crippen LogP contribution is 2.15. The largest absolute Gasteiger partial charge is 0.481 e. The van der Waals surface area contributed by atoms with E-state index in [1.807, 2.05) is 0 Å². The molecule has 18 heavy (non-hydrogen) atoms. The number of hydrogen-bond acceptors (Lipinski definition) is 3. The number of rotatable bonds is 3. The van der Waals surface area contributed by atoms with E-state index in [4.69, 9.17) is 4.74 Å². The lowest BCUT2D eigenvalue weighted by atomic mass is 10.3. The molecule has 2 rings (SSSR count). The number of ether oxygens (including phenoxy) is 1. The van der Waals surface area contributed by atoms with Gasteiger partial charge in [-0.3, -0.25) is 9.00 Å². The molecule has 1 aromatic carbocycles. The zero-order valence-electron chi connectivity index (χ0n) is 9.80. The van der Waals surface area contributed by atoms with E-state index in [-0.39, 0.29) is 18.3 Å². The Morgan fingerprint density at radius 3 is 2.67 bits per heavy atom. The van der Waals surface area contributed by atoms with Crippen LogP contribution in [0.2, 0.25) is 0 Å². The molecule has 1 aliphatic rings. The molecule has 0 aromatic heterocycles. The summed E-state index contributed by atoms with van der Waals surface area (Å²) >= 11 is 0. The standard InChI is InChI=1S/C12H14FNO3S/c13-10-3-1-2-4-11(10)17-9-12(15)14-5-7-18(16)8-6-14/h1-4H,5-9H2. The van der Waals surface area contributed by atoms with Crippen molar-refractivity contribution in [2.24, 2.45) is 0 Å². The number of benzene rings is 1. The number of amides is 1. The average Bonchev–Trinajstić information content (AvgIpc) is 2.38. The van der Waals surface area contributed by atoms with E-state index in [9.17, 15) is 13.4 Å². The van der Waals surface area contributed by atoms with Crippen molar-refractivity contribution >= 4 is 16.7 Å². The van der Waals surface area contributed by atoms with Gasteiger partial charge < -0.3 is 9.64 Å². The minimum atomic E-state index is -0.816. The summed E-state index contributed by atoms with van der Waals surface area (Å²) in [6, 6.07) is 5.97. The molecule has 0 unspecified atom stereocenters. The molecule has 1 aliphatic heterocycles. The molecule has 98 valence electrons. The fourth-order valence-corrected chi connectivity index (χ4v) is 2.73. The topological polar surface area (TPSA) is 46.6 Å². The lowest BCUT2D eigenvalue weighted by Gasteiger charge is -2.26. The van der Waals surface area contributed by atoms with Crippen LogP contribution in [0.4, 0.5) is 4.39 Å². The molecular formula is C12H14FNO3S. The van der Waals surface area contributed by atoms with Crippen LogP contribution in [0.25, 0.3) is 0 Å². The van der Waals surface area contributed by atoms with Crippen molar-refractivity contribution < 1.29 is 18.1 Å². The summed E-state index contributed by atoms with van der Waals surface area (Å²) < 4.78 is 29.5. The summed E-state index contributed by atoms with van der Waals surface area (Å²) in [7, 11) is -0.816. The van der Waals surface area contributed by atoms with Crippen LogP contribution in [0.1, 0.15) is 0 Å². The first kappa shape index (κ1) is 13.0. The van der Waals surface area contributed by atoms with Gasteiger partial charge in [-0.25, -0.2) is 4.39 Å². The lowest BCUT2D eigenvalue weighted by molar-refractivity contribution is -0.133. The third-order valence-electron chi connectivity index (χ3n) is 2.72. The van der Waals surface area contributed by atoms with Crippen LogP contribution >= 0.6 is 0 Å². The first-order valence-corrected chi connectivity index (χ1v) is 7.15. The van der Waals surface area contributed by atoms with Gasteiger partial charge in [-0.2, -0.15) is 0 Å². The smallest absolute Gasteiger partial charge is 0.260 e. The third-order valence-corrected chi connectivity index (χ3v) is 3.99. The highest BCUT2D eigenvalue weighted by atomic mass is 32.2. The summed E-state index contributed by atoms with van der Waals surface area (Å²) in [5.41, 5.74) is 0. The molecule has 0 aliphatic carbocycles. The predicted molar refractivity (Wildman–Crippen MR) is 66.4 cm³/mol. The monoisotopic (exact) mass is 271 g/mol. The molecule has 1 amide bonds. The van der Waals surface area contributed by atoms with E-state index >= 15 is 0 Å². The number of carbonyl (C=O) groups is 1. The summed E-state index contributed by atoms with van der Waals surface area (Å²) in [5.74, 6) is 0.406. The number of hydrogen-bond donors (Lipinski definition) is 0. The van der Waals surface area contributed by atoms with E-state index in [2.05, 4.69) is 0 Å². The Morgan fingerprint density at radius 2 is 2.00 bits per heavy atom. The Balaban J connectivity index is 1.85. The van der Waals surface area contributed by atoms with Gasteiger partial charge in [0.25, 0.3) is 5.91 Å². The zero-order valence-corrected chi connectivity index (χ0v) is 10.6. The van der Waals surface area contributed by atoms with Crippen molar-refractivity contribution in [3.63, 3.8) is 0 Å². The van der Waals surface area contributed by atoms with Crippen molar-refractivity contribution in [3.05, 3.63) is 30.1 Å². The third kappa shape index (κ3) is 3.29. The maximum atomic E-state index is 13.2. The first-order chi connectivity index (χ1) is 8.66. The van der Waals surface area contributed by atoms with Crippen molar-refractivity contribution in [2.45, 2.75) is 0 Å². The summed E-state index contributed by atoms with van der Waals surface area (Å²) in [4.78, 5) is 13.4. The number of para-hydroxylation sites is 1. The SMILES string of the molecule is O=C(COc1ccccc1F)N1CCS(=O)CC1. The van der Waals surface area contributed by atoms with Gasteiger partial charge in [0.2, 0.25) is 0 Å². The van der Waals surface area contributed by atoms with E-state index in [1.54, 1.807) is 17.0 Å². The molecule has 1 heterocycles. The molecule has 1 fully saturated rings. The molecular weight excluding hydrogens is 257 g/mol. The van der Waals surface area contributed by atoms with Crippen molar-refractivity contribution in [1.29, 1.82) is 0 Å². The molecule has 0 N–H and O–H groups in total. The van der Waals surface area contributed by atoms with E-state index < -0.39 is 16.6 Å². The Kier molecular flexibility index (Phi) is 4.30. The zero-order chi connectivity index (χ0) is 13.0. The quantitative estimate of drug-likeness (QED) is 0.817. The molecule has 0 spiro atoms. The molecule has 4 nitrogen and oxygen atoms in total. The molecule has 1 aromatic rings. The van der Waals surface area contributed by atoms with Gasteiger partial charge in [-0.15, -0.1) is 0 Å². The molecule has 0 bridgehead atoms. The van der Waals surface area contributed by atoms with E-state index in [1.165, 1.54) is 12.1 Å². The Morgan fingerprint density at radius 1 is 1.33 bits per heavy atom. The van der Waals surface area contributed by atoms with E-state index in [0.29, 0.717) is 24.6 Å². The van der Waals surface area contributed by atoms with Crippen LogP contribution in [0, 0.1) is 5.82 Å². The first-order valence-electron chi connectivity index (χ1n) is 5.67. The lowest BCUT2D eigenvalue weighted by Crippen LogP contribution is -2.43. The van der Waals surface area contributed by atoms with Gasteiger partial charge >= 0.3 is 0 Å². The fraction of sp³-hybridized carbons (Fsp3) is 0.417. The van der Waals surface area contributed by atoms with Crippen LogP contribution in [-0.4, -0.2) is 46.2 Å². The second-order valence-corrected chi connectivity index (χ2v) is 5.64. The minimum absolute atomic E-state index is 0.0754. The van der Waals surface area contributed by atoms with Crippen molar-refractivity contribution in [2.75, 3.05) is 31.2 Å². The molecule has 6 heteroatoms. The Hall–Kier alpha value is -1.43. The summed E-state index contributed by atoms with van der Waals surface area (Å²) in [6.07, 6.45) is 0. The second kappa shape index (κ2) is 5.95. The second-order valence-electron chi connectivity index (χ2n) is 3.95. The number of nitrogens with zero attached hydrogens (tertiary/aromatic N) is 1. The number of carbonyl (C=O) groups excluding carboxylic acids is 1. The van der Waals surface area contributed by atoms with Gasteiger partial charge in [0.1, 0.15) is 0 Å². The number of halogens is 1.